The molecule has 1 unspecified atom stereocenters. The van der Waals surface area contributed by atoms with E-state index in [1.807, 2.05) is 30.0 Å². The van der Waals surface area contributed by atoms with E-state index in [-0.39, 0.29) is 11.9 Å². The second-order valence-corrected chi connectivity index (χ2v) is 6.30. The number of benzene rings is 1. The van der Waals surface area contributed by atoms with Gasteiger partial charge >= 0.3 is 0 Å². The summed E-state index contributed by atoms with van der Waals surface area (Å²) in [5.74, 6) is 3.09. The fourth-order valence-corrected chi connectivity index (χ4v) is 2.94. The highest BCUT2D eigenvalue weighted by molar-refractivity contribution is 9.10. The van der Waals surface area contributed by atoms with Crippen molar-refractivity contribution in [1.29, 1.82) is 0 Å². The summed E-state index contributed by atoms with van der Waals surface area (Å²) in [6.45, 7) is 2.14. The van der Waals surface area contributed by atoms with Gasteiger partial charge in [0.2, 0.25) is 0 Å². The van der Waals surface area contributed by atoms with E-state index in [1.54, 1.807) is 0 Å². The fourth-order valence-electron chi connectivity index (χ4n) is 1.88. The van der Waals surface area contributed by atoms with Crippen molar-refractivity contribution in [3.8, 4) is 5.75 Å². The van der Waals surface area contributed by atoms with Crippen molar-refractivity contribution in [3.05, 3.63) is 28.2 Å². The third-order valence-corrected chi connectivity index (χ3v) is 4.16. The largest absolute Gasteiger partial charge is 0.489 e. The number of hydrogen-bond acceptors (Lipinski definition) is 3. The van der Waals surface area contributed by atoms with Gasteiger partial charge in [0, 0.05) is 10.9 Å². The van der Waals surface area contributed by atoms with E-state index < -0.39 is 0 Å². The molecule has 1 aliphatic rings. The van der Waals surface area contributed by atoms with Gasteiger partial charge in [-0.15, -0.1) is 0 Å². The van der Waals surface area contributed by atoms with Crippen molar-refractivity contribution in [3.63, 3.8) is 0 Å². The Kier molecular flexibility index (Phi) is 4.51. The molecule has 0 aliphatic carbocycles. The van der Waals surface area contributed by atoms with Gasteiger partial charge in [0.1, 0.15) is 11.9 Å². The van der Waals surface area contributed by atoms with E-state index >= 15 is 0 Å². The molecule has 2 nitrogen and oxygen atoms in total. The molecule has 0 saturated heterocycles. The maximum Gasteiger partial charge on any atom is 0.170 e. The number of hydrogen-bond donors (Lipinski definition) is 0. The summed E-state index contributed by atoms with van der Waals surface area (Å²) in [5, 5.41) is 0. The van der Waals surface area contributed by atoms with Crippen LogP contribution in [0.1, 0.15) is 30.1 Å². The number of ketones is 1. The molecule has 0 spiro atoms. The van der Waals surface area contributed by atoms with Gasteiger partial charge in [-0.2, -0.15) is 11.8 Å². The van der Waals surface area contributed by atoms with Crippen LogP contribution in [0.2, 0.25) is 0 Å². The molecule has 2 rings (SSSR count). The molecule has 0 saturated carbocycles. The van der Waals surface area contributed by atoms with Gasteiger partial charge < -0.3 is 4.74 Å². The lowest BCUT2D eigenvalue weighted by Gasteiger charge is -2.25. The Morgan fingerprint density at radius 2 is 2.35 bits per heavy atom. The van der Waals surface area contributed by atoms with Crippen molar-refractivity contribution in [2.75, 3.05) is 11.5 Å². The summed E-state index contributed by atoms with van der Waals surface area (Å²) in [4.78, 5) is 11.9. The van der Waals surface area contributed by atoms with Crippen LogP contribution >= 0.6 is 27.7 Å². The lowest BCUT2D eigenvalue weighted by molar-refractivity contribution is 0.0847. The first-order valence-electron chi connectivity index (χ1n) is 5.78. The molecular weight excluding hydrogens is 300 g/mol. The summed E-state index contributed by atoms with van der Waals surface area (Å²) in [5.41, 5.74) is 0.715. The standard InChI is InChI=1S/C13H15BrO2S/c1-2-17-6-5-10-8-12(15)11-4-3-9(14)7-13(11)16-10/h3-4,7,10H,2,5-6,8H2,1H3. The van der Waals surface area contributed by atoms with Crippen LogP contribution in [0.5, 0.6) is 5.75 Å². The molecule has 0 amide bonds. The number of rotatable bonds is 4. The number of Topliss-reactive ketones (excluding diaryl/α,β-unsaturated/α-hetero) is 1. The van der Waals surface area contributed by atoms with E-state index in [0.29, 0.717) is 12.0 Å². The highest BCUT2D eigenvalue weighted by Crippen LogP contribution is 2.31. The van der Waals surface area contributed by atoms with E-state index in [0.717, 1.165) is 28.1 Å². The predicted molar refractivity (Wildman–Crippen MR) is 75.1 cm³/mol. The Morgan fingerprint density at radius 3 is 3.12 bits per heavy atom. The van der Waals surface area contributed by atoms with E-state index in [9.17, 15) is 4.79 Å². The van der Waals surface area contributed by atoms with Crippen LogP contribution in [-0.4, -0.2) is 23.4 Å². The minimum absolute atomic E-state index is 0.0448. The maximum absolute atomic E-state index is 11.9. The molecule has 1 atom stereocenters. The summed E-state index contributed by atoms with van der Waals surface area (Å²) >= 11 is 5.29. The molecule has 0 bridgehead atoms. The molecule has 17 heavy (non-hydrogen) atoms. The van der Waals surface area contributed by atoms with Crippen molar-refractivity contribution in [1.82, 2.24) is 0 Å². The van der Waals surface area contributed by atoms with E-state index in [2.05, 4.69) is 22.9 Å². The van der Waals surface area contributed by atoms with Gasteiger partial charge in [0.05, 0.1) is 5.56 Å². The first kappa shape index (κ1) is 13.0. The quantitative estimate of drug-likeness (QED) is 0.788. The van der Waals surface area contributed by atoms with Crippen LogP contribution in [0.4, 0.5) is 0 Å². The average molecular weight is 315 g/mol. The number of fused-ring (bicyclic) bond motifs is 1. The minimum atomic E-state index is 0.0448. The molecule has 1 aromatic rings. The van der Waals surface area contributed by atoms with Crippen molar-refractivity contribution < 1.29 is 9.53 Å². The first-order chi connectivity index (χ1) is 8.20. The number of ether oxygens (including phenoxy) is 1. The lowest BCUT2D eigenvalue weighted by Crippen LogP contribution is -2.27. The third kappa shape index (κ3) is 3.26. The normalized spacial score (nSPS) is 18.7. The smallest absolute Gasteiger partial charge is 0.170 e. The molecule has 0 radical (unpaired) electrons. The zero-order valence-corrected chi connectivity index (χ0v) is 12.1. The minimum Gasteiger partial charge on any atom is -0.489 e. The molecular formula is C13H15BrO2S. The van der Waals surface area contributed by atoms with Crippen LogP contribution in [0.3, 0.4) is 0 Å². The summed E-state index contributed by atoms with van der Waals surface area (Å²) in [7, 11) is 0. The second kappa shape index (κ2) is 5.91. The second-order valence-electron chi connectivity index (χ2n) is 3.99. The lowest BCUT2D eigenvalue weighted by atomic mass is 10.00. The Bertz CT molecular complexity index is 420. The van der Waals surface area contributed by atoms with Crippen LogP contribution in [0.15, 0.2) is 22.7 Å². The Balaban J connectivity index is 2.06. The van der Waals surface area contributed by atoms with Crippen LogP contribution < -0.4 is 4.74 Å². The van der Waals surface area contributed by atoms with Crippen molar-refractivity contribution in [2.24, 2.45) is 0 Å². The fraction of sp³-hybridized carbons (Fsp3) is 0.462. The van der Waals surface area contributed by atoms with Crippen molar-refractivity contribution in [2.45, 2.75) is 25.9 Å². The maximum atomic E-state index is 11.9. The first-order valence-corrected chi connectivity index (χ1v) is 7.72. The van der Waals surface area contributed by atoms with E-state index in [4.69, 9.17) is 4.74 Å². The van der Waals surface area contributed by atoms with Crippen molar-refractivity contribution >= 4 is 33.5 Å². The Hall–Kier alpha value is -0.480. The number of carbonyl (C=O) groups is 1. The monoisotopic (exact) mass is 314 g/mol. The molecule has 4 heteroatoms. The molecule has 0 aromatic heterocycles. The van der Waals surface area contributed by atoms with Gasteiger partial charge in [0.15, 0.2) is 5.78 Å². The Labute approximate surface area is 114 Å². The zero-order chi connectivity index (χ0) is 12.3. The zero-order valence-electron chi connectivity index (χ0n) is 9.74. The molecule has 1 aromatic carbocycles. The van der Waals surface area contributed by atoms with E-state index in [1.165, 1.54) is 0 Å². The third-order valence-electron chi connectivity index (χ3n) is 2.74. The van der Waals surface area contributed by atoms with Gasteiger partial charge in [-0.05, 0) is 36.1 Å². The van der Waals surface area contributed by atoms with Gasteiger partial charge in [-0.3, -0.25) is 4.79 Å². The van der Waals surface area contributed by atoms with Gasteiger partial charge in [0.25, 0.3) is 0 Å². The molecule has 0 N–H and O–H groups in total. The average Bonchev–Trinajstić information content (AvgIpc) is 2.28. The highest BCUT2D eigenvalue weighted by atomic mass is 79.9. The molecule has 1 aliphatic heterocycles. The SMILES string of the molecule is CCSCCC1CC(=O)c2ccc(Br)cc2O1. The summed E-state index contributed by atoms with van der Waals surface area (Å²) in [6, 6.07) is 5.60. The molecule has 92 valence electrons. The Morgan fingerprint density at radius 1 is 1.53 bits per heavy atom. The summed E-state index contributed by atoms with van der Waals surface area (Å²) in [6.07, 6.45) is 1.50. The molecule has 0 fully saturated rings. The molecule has 1 heterocycles. The van der Waals surface area contributed by atoms with Gasteiger partial charge in [-0.25, -0.2) is 0 Å². The highest BCUT2D eigenvalue weighted by Gasteiger charge is 2.26. The number of carbonyl (C=O) groups excluding carboxylic acids is 1. The van der Waals surface area contributed by atoms with Crippen LogP contribution in [0.25, 0.3) is 0 Å². The van der Waals surface area contributed by atoms with Gasteiger partial charge in [-0.1, -0.05) is 22.9 Å². The van der Waals surface area contributed by atoms with Crippen LogP contribution in [0, 0.1) is 0 Å². The van der Waals surface area contributed by atoms with Crippen LogP contribution in [-0.2, 0) is 0 Å². The number of thioether (sulfide) groups is 1. The topological polar surface area (TPSA) is 26.3 Å². The summed E-state index contributed by atoms with van der Waals surface area (Å²) < 4.78 is 6.82. The number of halogens is 1. The predicted octanol–water partition coefficient (Wildman–Crippen LogP) is 3.93.